The zero-order chi connectivity index (χ0) is 33.8. The summed E-state index contributed by atoms with van der Waals surface area (Å²) in [5.41, 5.74) is 1.39. The summed E-state index contributed by atoms with van der Waals surface area (Å²) in [5.74, 6) is -0.550. The van der Waals surface area contributed by atoms with E-state index in [9.17, 15) is 22.8 Å². The third-order valence-electron chi connectivity index (χ3n) is 7.30. The first-order valence-corrected chi connectivity index (χ1v) is 18.0. The molecule has 1 aliphatic heterocycles. The van der Waals surface area contributed by atoms with Crippen LogP contribution in [0.15, 0.2) is 99.1 Å². The van der Waals surface area contributed by atoms with Crippen LogP contribution in [0.4, 0.5) is 5.69 Å². The standard InChI is InChI=1S/C34H29N3O8S3/c1-3-30(38)45-31-27(10-6-11-28(31)44-19-7-18-37-32(39)24-8-4-5-9-25(24)33(37)40)36-48(41,42)23-16-17-26-29(20-23)47-34(35-26)46-22-14-12-21(43-2)13-15-22/h4-6,8-17,20,36H,3,7,18-19H2,1-2H3. The maximum absolute atomic E-state index is 13.6. The molecule has 4 aromatic carbocycles. The summed E-state index contributed by atoms with van der Waals surface area (Å²) in [5, 5.41) is 0. The average Bonchev–Trinajstić information content (AvgIpc) is 3.60. The third kappa shape index (κ3) is 7.00. The van der Waals surface area contributed by atoms with Gasteiger partial charge in [0.1, 0.15) is 5.75 Å². The van der Waals surface area contributed by atoms with Crippen molar-refractivity contribution >= 4 is 66.8 Å². The molecule has 0 atom stereocenters. The van der Waals surface area contributed by atoms with Crippen LogP contribution in [0.5, 0.6) is 17.2 Å². The van der Waals surface area contributed by atoms with Gasteiger partial charge in [0.2, 0.25) is 0 Å². The lowest BCUT2D eigenvalue weighted by molar-refractivity contribution is -0.134. The first-order chi connectivity index (χ1) is 23.2. The maximum atomic E-state index is 13.6. The number of carbonyl (C=O) groups is 3. The van der Waals surface area contributed by atoms with Gasteiger partial charge in [-0.05, 0) is 73.2 Å². The molecule has 0 bridgehead atoms. The maximum Gasteiger partial charge on any atom is 0.311 e. The van der Waals surface area contributed by atoms with Crippen molar-refractivity contribution in [1.29, 1.82) is 0 Å². The van der Waals surface area contributed by atoms with E-state index in [4.69, 9.17) is 14.2 Å². The third-order valence-corrected chi connectivity index (χ3v) is 10.8. The van der Waals surface area contributed by atoms with Crippen LogP contribution in [-0.4, -0.2) is 56.3 Å². The molecule has 0 saturated heterocycles. The Morgan fingerprint density at radius 2 is 1.69 bits per heavy atom. The molecule has 1 aromatic heterocycles. The van der Waals surface area contributed by atoms with Crippen LogP contribution in [0.1, 0.15) is 40.5 Å². The molecule has 0 saturated carbocycles. The van der Waals surface area contributed by atoms with Gasteiger partial charge in [0.15, 0.2) is 15.8 Å². The van der Waals surface area contributed by atoms with Crippen LogP contribution in [0.3, 0.4) is 0 Å². The van der Waals surface area contributed by atoms with Crippen molar-refractivity contribution in [3.8, 4) is 17.2 Å². The Morgan fingerprint density at radius 1 is 0.958 bits per heavy atom. The van der Waals surface area contributed by atoms with E-state index in [1.165, 1.54) is 35.2 Å². The van der Waals surface area contributed by atoms with Gasteiger partial charge < -0.3 is 14.2 Å². The molecule has 0 aliphatic carbocycles. The van der Waals surface area contributed by atoms with Gasteiger partial charge in [0, 0.05) is 17.9 Å². The van der Waals surface area contributed by atoms with Gasteiger partial charge in [0.25, 0.3) is 21.8 Å². The van der Waals surface area contributed by atoms with Crippen LogP contribution in [0.2, 0.25) is 0 Å². The number of rotatable bonds is 13. The van der Waals surface area contributed by atoms with E-state index in [0.29, 0.717) is 21.3 Å². The van der Waals surface area contributed by atoms with Crippen molar-refractivity contribution in [3.05, 3.63) is 96.1 Å². The van der Waals surface area contributed by atoms with Gasteiger partial charge in [-0.2, -0.15) is 0 Å². The molecule has 0 radical (unpaired) electrons. The number of anilines is 1. The van der Waals surface area contributed by atoms with E-state index in [2.05, 4.69) is 9.71 Å². The first kappa shape index (κ1) is 33.0. The minimum atomic E-state index is -4.14. The summed E-state index contributed by atoms with van der Waals surface area (Å²) in [6.07, 6.45) is 0.329. The van der Waals surface area contributed by atoms with Gasteiger partial charge in [-0.1, -0.05) is 36.9 Å². The number of para-hydroxylation sites is 1. The molecular formula is C34H29N3O8S3. The van der Waals surface area contributed by atoms with Crippen molar-refractivity contribution in [2.75, 3.05) is 25.0 Å². The number of ether oxygens (including phenoxy) is 3. The van der Waals surface area contributed by atoms with E-state index in [0.717, 1.165) is 19.9 Å². The molecule has 1 N–H and O–H groups in total. The largest absolute Gasteiger partial charge is 0.497 e. The van der Waals surface area contributed by atoms with E-state index >= 15 is 0 Å². The van der Waals surface area contributed by atoms with Crippen molar-refractivity contribution in [2.45, 2.75) is 33.9 Å². The number of thiazole rings is 1. The Morgan fingerprint density at radius 3 is 2.38 bits per heavy atom. The monoisotopic (exact) mass is 703 g/mol. The highest BCUT2D eigenvalue weighted by molar-refractivity contribution is 8.01. The minimum absolute atomic E-state index is 0.000296. The van der Waals surface area contributed by atoms with E-state index in [1.807, 2.05) is 24.3 Å². The zero-order valence-corrected chi connectivity index (χ0v) is 28.2. The Balaban J connectivity index is 1.16. The molecule has 48 heavy (non-hydrogen) atoms. The second-order valence-corrected chi connectivity index (χ2v) is 14.5. The number of hydrogen-bond donors (Lipinski definition) is 1. The fourth-order valence-corrected chi connectivity index (χ4v) is 8.13. The van der Waals surface area contributed by atoms with Crippen LogP contribution in [0.25, 0.3) is 10.2 Å². The molecule has 0 fully saturated rings. The molecule has 2 amide bonds. The molecule has 1 aliphatic rings. The summed E-state index contributed by atoms with van der Waals surface area (Å²) < 4.78 is 47.8. The fourth-order valence-electron chi connectivity index (χ4n) is 4.89. The molecule has 0 spiro atoms. The van der Waals surface area contributed by atoms with E-state index in [-0.39, 0.29) is 59.9 Å². The molecule has 246 valence electrons. The van der Waals surface area contributed by atoms with Crippen LogP contribution >= 0.6 is 23.1 Å². The highest BCUT2D eigenvalue weighted by atomic mass is 32.2. The minimum Gasteiger partial charge on any atom is -0.497 e. The number of nitrogens with zero attached hydrogens (tertiary/aromatic N) is 2. The number of sulfonamides is 1. The van der Waals surface area contributed by atoms with Crippen molar-refractivity contribution in [1.82, 2.24) is 9.88 Å². The van der Waals surface area contributed by atoms with Gasteiger partial charge in [-0.25, -0.2) is 13.4 Å². The Labute approximate surface area is 284 Å². The summed E-state index contributed by atoms with van der Waals surface area (Å²) in [6, 6.07) is 23.4. The first-order valence-electron chi connectivity index (χ1n) is 14.8. The molecule has 2 heterocycles. The molecule has 5 aromatic rings. The number of methoxy groups -OCH3 is 1. The number of imide groups is 1. The number of amides is 2. The second-order valence-electron chi connectivity index (χ2n) is 10.5. The number of nitrogens with one attached hydrogen (secondary N) is 1. The lowest BCUT2D eigenvalue weighted by Crippen LogP contribution is -2.31. The predicted octanol–water partition coefficient (Wildman–Crippen LogP) is 6.64. The zero-order valence-electron chi connectivity index (χ0n) is 25.8. The van der Waals surface area contributed by atoms with E-state index in [1.54, 1.807) is 62.6 Å². The fraction of sp³-hybridized carbons (Fsp3) is 0.176. The predicted molar refractivity (Wildman–Crippen MR) is 182 cm³/mol. The normalized spacial score (nSPS) is 12.7. The lowest BCUT2D eigenvalue weighted by Gasteiger charge is -2.17. The molecule has 0 unspecified atom stereocenters. The number of aromatic nitrogens is 1. The number of esters is 1. The van der Waals surface area contributed by atoms with Crippen LogP contribution in [0, 0.1) is 0 Å². The van der Waals surface area contributed by atoms with Crippen molar-refractivity contribution in [3.63, 3.8) is 0 Å². The summed E-state index contributed by atoms with van der Waals surface area (Å²) in [7, 11) is -2.54. The summed E-state index contributed by atoms with van der Waals surface area (Å²) in [4.78, 5) is 44.5. The highest BCUT2D eigenvalue weighted by Gasteiger charge is 2.34. The average molecular weight is 704 g/mol. The lowest BCUT2D eigenvalue weighted by atomic mass is 10.1. The quantitative estimate of drug-likeness (QED) is 0.0614. The van der Waals surface area contributed by atoms with Gasteiger partial charge in [-0.15, -0.1) is 11.3 Å². The molecular weight excluding hydrogens is 675 g/mol. The summed E-state index contributed by atoms with van der Waals surface area (Å²) >= 11 is 2.83. The molecule has 6 rings (SSSR count). The number of fused-ring (bicyclic) bond motifs is 2. The topological polar surface area (TPSA) is 141 Å². The number of carbonyl (C=O) groups excluding carboxylic acids is 3. The van der Waals surface area contributed by atoms with E-state index < -0.39 is 16.0 Å². The van der Waals surface area contributed by atoms with Crippen LogP contribution in [-0.2, 0) is 14.8 Å². The Kier molecular flexibility index (Phi) is 9.66. The molecule has 11 nitrogen and oxygen atoms in total. The van der Waals surface area contributed by atoms with Gasteiger partial charge >= 0.3 is 5.97 Å². The summed E-state index contributed by atoms with van der Waals surface area (Å²) in [6.45, 7) is 1.78. The Bertz CT molecular complexity index is 2100. The van der Waals surface area contributed by atoms with Gasteiger partial charge in [-0.3, -0.25) is 24.0 Å². The SMILES string of the molecule is CCC(=O)Oc1c(NS(=O)(=O)c2ccc3nc(Sc4ccc(OC)cc4)sc3c2)cccc1OCCCN1C(=O)c2ccccc2C1=O. The van der Waals surface area contributed by atoms with Crippen molar-refractivity contribution < 1.29 is 37.0 Å². The van der Waals surface area contributed by atoms with Gasteiger partial charge in [0.05, 0.1) is 45.6 Å². The second kappa shape index (κ2) is 14.1. The highest BCUT2D eigenvalue weighted by Crippen LogP contribution is 2.39. The smallest absolute Gasteiger partial charge is 0.311 e. The van der Waals surface area contributed by atoms with Crippen molar-refractivity contribution in [2.24, 2.45) is 0 Å². The number of hydrogen-bond acceptors (Lipinski definition) is 11. The number of benzene rings is 4. The molecule has 14 heteroatoms. The van der Waals surface area contributed by atoms with Crippen LogP contribution < -0.4 is 18.9 Å². The Hall–Kier alpha value is -4.92.